The summed E-state index contributed by atoms with van der Waals surface area (Å²) in [4.78, 5) is 28.3. The van der Waals surface area contributed by atoms with Crippen LogP contribution in [0.1, 0.15) is 32.3 Å². The van der Waals surface area contributed by atoms with Gasteiger partial charge >= 0.3 is 6.03 Å². The van der Waals surface area contributed by atoms with E-state index in [1.165, 1.54) is 0 Å². The van der Waals surface area contributed by atoms with Gasteiger partial charge in [0.15, 0.2) is 0 Å². The third-order valence-electron chi connectivity index (χ3n) is 4.33. The zero-order valence-electron chi connectivity index (χ0n) is 15.5. The van der Waals surface area contributed by atoms with Crippen LogP contribution in [0.15, 0.2) is 24.3 Å². The van der Waals surface area contributed by atoms with E-state index in [0.29, 0.717) is 32.6 Å². The minimum atomic E-state index is -0.0393. The molecule has 1 aromatic rings. The number of rotatable bonds is 5. The standard InChI is InChI=1S/C19H29N3O3/c1-15(2)20-19(24)22-12-4-11-21(13-14-22)18(23)10-7-16-5-8-17(25-3)9-6-16/h5-6,8-9,15H,4,7,10-14H2,1-3H3,(H,20,24). The summed E-state index contributed by atoms with van der Waals surface area (Å²) < 4.78 is 5.14. The van der Waals surface area contributed by atoms with Crippen LogP contribution in [0.3, 0.4) is 0 Å². The molecule has 0 saturated carbocycles. The first-order valence-corrected chi connectivity index (χ1v) is 8.95. The van der Waals surface area contributed by atoms with Crippen molar-refractivity contribution >= 4 is 11.9 Å². The lowest BCUT2D eigenvalue weighted by Crippen LogP contribution is -2.44. The maximum absolute atomic E-state index is 12.5. The van der Waals surface area contributed by atoms with Crippen molar-refractivity contribution in [1.82, 2.24) is 15.1 Å². The number of carbonyl (C=O) groups is 2. The van der Waals surface area contributed by atoms with E-state index in [-0.39, 0.29) is 18.0 Å². The summed E-state index contributed by atoms with van der Waals surface area (Å²) in [6, 6.07) is 7.90. The van der Waals surface area contributed by atoms with E-state index < -0.39 is 0 Å². The fraction of sp³-hybridized carbons (Fsp3) is 0.579. The molecule has 0 radical (unpaired) electrons. The molecule has 138 valence electrons. The van der Waals surface area contributed by atoms with Gasteiger partial charge in [0.05, 0.1) is 7.11 Å². The van der Waals surface area contributed by atoms with Crippen molar-refractivity contribution in [3.05, 3.63) is 29.8 Å². The second-order valence-corrected chi connectivity index (χ2v) is 6.67. The quantitative estimate of drug-likeness (QED) is 0.889. The van der Waals surface area contributed by atoms with Crippen molar-refractivity contribution in [2.75, 3.05) is 33.3 Å². The number of methoxy groups -OCH3 is 1. The molecular weight excluding hydrogens is 318 g/mol. The number of amides is 3. The molecule has 3 amide bonds. The number of aryl methyl sites for hydroxylation is 1. The molecule has 0 aromatic heterocycles. The molecule has 1 aliphatic rings. The van der Waals surface area contributed by atoms with Gasteiger partial charge in [-0.15, -0.1) is 0 Å². The first kappa shape index (κ1) is 19.1. The molecule has 6 nitrogen and oxygen atoms in total. The highest BCUT2D eigenvalue weighted by Crippen LogP contribution is 2.13. The van der Waals surface area contributed by atoms with Gasteiger partial charge in [0, 0.05) is 38.6 Å². The number of nitrogens with one attached hydrogen (secondary N) is 1. The van der Waals surface area contributed by atoms with Crippen LogP contribution in [0.2, 0.25) is 0 Å². The SMILES string of the molecule is COc1ccc(CCC(=O)N2CCCN(C(=O)NC(C)C)CC2)cc1. The van der Waals surface area contributed by atoms with Crippen LogP contribution in [0, 0.1) is 0 Å². The number of hydrogen-bond acceptors (Lipinski definition) is 3. The summed E-state index contributed by atoms with van der Waals surface area (Å²) in [5, 5.41) is 2.91. The Kier molecular flexibility index (Phi) is 7.10. The molecule has 1 N–H and O–H groups in total. The van der Waals surface area contributed by atoms with Gasteiger partial charge in [-0.05, 0) is 44.4 Å². The van der Waals surface area contributed by atoms with Gasteiger partial charge in [0.1, 0.15) is 5.75 Å². The average Bonchev–Trinajstić information content (AvgIpc) is 2.86. The van der Waals surface area contributed by atoms with E-state index in [4.69, 9.17) is 4.74 Å². The lowest BCUT2D eigenvalue weighted by atomic mass is 10.1. The average molecular weight is 347 g/mol. The highest BCUT2D eigenvalue weighted by atomic mass is 16.5. The van der Waals surface area contributed by atoms with Gasteiger partial charge in [-0.3, -0.25) is 4.79 Å². The van der Waals surface area contributed by atoms with E-state index in [2.05, 4.69) is 5.32 Å². The molecule has 0 spiro atoms. The van der Waals surface area contributed by atoms with Gasteiger partial charge in [0.25, 0.3) is 0 Å². The number of urea groups is 1. The van der Waals surface area contributed by atoms with E-state index in [1.807, 2.05) is 43.0 Å². The maximum atomic E-state index is 12.5. The number of benzene rings is 1. The fourth-order valence-corrected chi connectivity index (χ4v) is 2.91. The zero-order chi connectivity index (χ0) is 18.2. The molecule has 0 atom stereocenters. The van der Waals surface area contributed by atoms with Crippen LogP contribution >= 0.6 is 0 Å². The molecule has 1 aliphatic heterocycles. The summed E-state index contributed by atoms with van der Waals surface area (Å²) in [6.45, 7) is 6.50. The molecule has 0 unspecified atom stereocenters. The number of hydrogen-bond donors (Lipinski definition) is 1. The summed E-state index contributed by atoms with van der Waals surface area (Å²) in [5.74, 6) is 0.976. The second kappa shape index (κ2) is 9.30. The van der Waals surface area contributed by atoms with Gasteiger partial charge < -0.3 is 19.9 Å². The van der Waals surface area contributed by atoms with Crippen molar-refractivity contribution in [3.8, 4) is 5.75 Å². The van der Waals surface area contributed by atoms with Gasteiger partial charge in [0.2, 0.25) is 5.91 Å². The van der Waals surface area contributed by atoms with Crippen LogP contribution in [0.25, 0.3) is 0 Å². The number of carbonyl (C=O) groups excluding carboxylic acids is 2. The smallest absolute Gasteiger partial charge is 0.317 e. The number of nitrogens with zero attached hydrogens (tertiary/aromatic N) is 2. The fourth-order valence-electron chi connectivity index (χ4n) is 2.91. The Balaban J connectivity index is 1.80. The van der Waals surface area contributed by atoms with Crippen molar-refractivity contribution in [2.45, 2.75) is 39.2 Å². The van der Waals surface area contributed by atoms with Gasteiger partial charge in [-0.25, -0.2) is 4.79 Å². The minimum Gasteiger partial charge on any atom is -0.497 e. The molecule has 0 bridgehead atoms. The molecule has 2 rings (SSSR count). The van der Waals surface area contributed by atoms with Crippen LogP contribution < -0.4 is 10.1 Å². The first-order chi connectivity index (χ1) is 12.0. The van der Waals surface area contributed by atoms with E-state index in [9.17, 15) is 9.59 Å². The summed E-state index contributed by atoms with van der Waals surface area (Å²) in [7, 11) is 1.64. The molecule has 6 heteroatoms. The van der Waals surface area contributed by atoms with Crippen molar-refractivity contribution in [1.29, 1.82) is 0 Å². The Morgan fingerprint density at radius 1 is 1.08 bits per heavy atom. The summed E-state index contributed by atoms with van der Waals surface area (Å²) in [6.07, 6.45) is 2.03. The van der Waals surface area contributed by atoms with Crippen molar-refractivity contribution in [2.24, 2.45) is 0 Å². The predicted octanol–water partition coefficient (Wildman–Crippen LogP) is 2.28. The molecular formula is C19H29N3O3. The highest BCUT2D eigenvalue weighted by Gasteiger charge is 2.22. The molecule has 0 aliphatic carbocycles. The Morgan fingerprint density at radius 3 is 2.36 bits per heavy atom. The molecule has 25 heavy (non-hydrogen) atoms. The maximum Gasteiger partial charge on any atom is 0.317 e. The minimum absolute atomic E-state index is 0.0393. The van der Waals surface area contributed by atoms with E-state index >= 15 is 0 Å². The molecule has 1 saturated heterocycles. The van der Waals surface area contributed by atoms with Crippen LogP contribution in [-0.2, 0) is 11.2 Å². The van der Waals surface area contributed by atoms with Crippen LogP contribution in [0.5, 0.6) is 5.75 Å². The molecule has 1 heterocycles. The lowest BCUT2D eigenvalue weighted by molar-refractivity contribution is -0.131. The lowest BCUT2D eigenvalue weighted by Gasteiger charge is -2.23. The summed E-state index contributed by atoms with van der Waals surface area (Å²) >= 11 is 0. The van der Waals surface area contributed by atoms with E-state index in [1.54, 1.807) is 12.0 Å². The second-order valence-electron chi connectivity index (χ2n) is 6.67. The molecule has 1 fully saturated rings. The Hall–Kier alpha value is -2.24. The van der Waals surface area contributed by atoms with Crippen LogP contribution in [0.4, 0.5) is 4.79 Å². The van der Waals surface area contributed by atoms with Crippen molar-refractivity contribution < 1.29 is 14.3 Å². The van der Waals surface area contributed by atoms with Gasteiger partial charge in [-0.2, -0.15) is 0 Å². The summed E-state index contributed by atoms with van der Waals surface area (Å²) in [5.41, 5.74) is 1.13. The van der Waals surface area contributed by atoms with E-state index in [0.717, 1.165) is 24.2 Å². The third kappa shape index (κ3) is 5.96. The Bertz CT molecular complexity index is 572. The third-order valence-corrected chi connectivity index (χ3v) is 4.33. The Morgan fingerprint density at radius 2 is 1.72 bits per heavy atom. The van der Waals surface area contributed by atoms with Gasteiger partial charge in [-0.1, -0.05) is 12.1 Å². The normalized spacial score (nSPS) is 15.0. The molecule has 1 aromatic carbocycles. The van der Waals surface area contributed by atoms with Crippen LogP contribution in [-0.4, -0.2) is 61.1 Å². The zero-order valence-corrected chi connectivity index (χ0v) is 15.5. The number of ether oxygens (including phenoxy) is 1. The first-order valence-electron chi connectivity index (χ1n) is 8.95. The largest absolute Gasteiger partial charge is 0.497 e. The monoisotopic (exact) mass is 347 g/mol. The van der Waals surface area contributed by atoms with Crippen molar-refractivity contribution in [3.63, 3.8) is 0 Å². The topological polar surface area (TPSA) is 61.9 Å². The predicted molar refractivity (Wildman–Crippen MR) is 97.8 cm³/mol. The Labute approximate surface area is 150 Å². The highest BCUT2D eigenvalue weighted by molar-refractivity contribution is 5.77.